The van der Waals surface area contributed by atoms with E-state index in [1.165, 1.54) is 18.1 Å². The molecule has 0 unspecified atom stereocenters. The zero-order valence-electron chi connectivity index (χ0n) is 13.9. The van der Waals surface area contributed by atoms with Crippen molar-refractivity contribution in [2.24, 2.45) is 0 Å². The first-order chi connectivity index (χ1) is 12.4. The molecule has 0 bridgehead atoms. The Morgan fingerprint density at radius 1 is 1.27 bits per heavy atom. The smallest absolute Gasteiger partial charge is 0.423 e. The van der Waals surface area contributed by atoms with E-state index < -0.39 is 19.0 Å². The van der Waals surface area contributed by atoms with Crippen LogP contribution in [0.3, 0.4) is 0 Å². The lowest BCUT2D eigenvalue weighted by atomic mass is 9.80. The summed E-state index contributed by atoms with van der Waals surface area (Å²) < 4.78 is 14.4. The predicted molar refractivity (Wildman–Crippen MR) is 93.9 cm³/mol. The van der Waals surface area contributed by atoms with Crippen molar-refractivity contribution in [2.45, 2.75) is 0 Å². The number of pyridine rings is 1. The molecule has 3 amide bonds. The SMILES string of the molecule is CNC(=O)c1cccc(N2CCN(c3nccc(B(O)O)c3F)C2=O)c1. The maximum Gasteiger partial charge on any atom is 0.491 e. The number of nitrogens with one attached hydrogen (secondary N) is 1. The molecule has 2 aromatic rings. The maximum atomic E-state index is 14.4. The minimum atomic E-state index is -2.00. The van der Waals surface area contributed by atoms with Gasteiger partial charge in [0.15, 0.2) is 11.6 Å². The van der Waals surface area contributed by atoms with Gasteiger partial charge < -0.3 is 15.4 Å². The summed E-state index contributed by atoms with van der Waals surface area (Å²) in [5.41, 5.74) is 0.533. The molecule has 2 heterocycles. The minimum absolute atomic E-state index is 0.165. The Hall–Kier alpha value is -2.98. The van der Waals surface area contributed by atoms with Gasteiger partial charge in [0.1, 0.15) is 0 Å². The molecular formula is C16H16BFN4O4. The van der Waals surface area contributed by atoms with Crippen molar-refractivity contribution in [3.05, 3.63) is 47.9 Å². The Morgan fingerprint density at radius 2 is 2.00 bits per heavy atom. The number of carbonyl (C=O) groups excluding carboxylic acids is 2. The summed E-state index contributed by atoms with van der Waals surface area (Å²) in [5, 5.41) is 20.9. The lowest BCUT2D eigenvalue weighted by Crippen LogP contribution is -2.37. The monoisotopic (exact) mass is 358 g/mol. The van der Waals surface area contributed by atoms with Gasteiger partial charge in [-0.05, 0) is 24.3 Å². The molecule has 1 aliphatic heterocycles. The highest BCUT2D eigenvalue weighted by atomic mass is 19.1. The fourth-order valence-corrected chi connectivity index (χ4v) is 2.77. The van der Waals surface area contributed by atoms with Crippen LogP contribution in [0.2, 0.25) is 0 Å². The third-order valence-corrected chi connectivity index (χ3v) is 4.09. The normalized spacial score (nSPS) is 13.9. The molecule has 1 aromatic heterocycles. The molecule has 0 atom stereocenters. The number of anilines is 2. The number of carbonyl (C=O) groups is 2. The third-order valence-electron chi connectivity index (χ3n) is 4.09. The number of benzene rings is 1. The van der Waals surface area contributed by atoms with Crippen molar-refractivity contribution < 1.29 is 24.0 Å². The topological polar surface area (TPSA) is 106 Å². The fraction of sp³-hybridized carbons (Fsp3) is 0.188. The number of rotatable bonds is 4. The lowest BCUT2D eigenvalue weighted by Gasteiger charge is -2.19. The predicted octanol–water partition coefficient (Wildman–Crippen LogP) is -0.293. The van der Waals surface area contributed by atoms with Crippen LogP contribution in [0.1, 0.15) is 10.4 Å². The van der Waals surface area contributed by atoms with Crippen molar-refractivity contribution >= 4 is 36.0 Å². The van der Waals surface area contributed by atoms with Crippen LogP contribution in [-0.4, -0.2) is 54.2 Å². The van der Waals surface area contributed by atoms with Gasteiger partial charge in [-0.3, -0.25) is 14.6 Å². The molecule has 3 N–H and O–H groups in total. The van der Waals surface area contributed by atoms with Crippen LogP contribution in [0.25, 0.3) is 0 Å². The Labute approximate surface area is 149 Å². The van der Waals surface area contributed by atoms with E-state index in [2.05, 4.69) is 10.3 Å². The molecule has 0 spiro atoms. The van der Waals surface area contributed by atoms with Crippen molar-refractivity contribution in [3.63, 3.8) is 0 Å². The number of urea groups is 1. The third kappa shape index (κ3) is 3.11. The quantitative estimate of drug-likeness (QED) is 0.652. The van der Waals surface area contributed by atoms with Gasteiger partial charge in [0.2, 0.25) is 0 Å². The Balaban J connectivity index is 1.90. The van der Waals surface area contributed by atoms with E-state index in [-0.39, 0.29) is 30.3 Å². The second-order valence-electron chi connectivity index (χ2n) is 5.63. The first-order valence-corrected chi connectivity index (χ1v) is 7.85. The van der Waals surface area contributed by atoms with Gasteiger partial charge in [-0.15, -0.1) is 0 Å². The van der Waals surface area contributed by atoms with Gasteiger partial charge in [0.25, 0.3) is 5.91 Å². The number of halogens is 1. The van der Waals surface area contributed by atoms with Crippen molar-refractivity contribution in [1.29, 1.82) is 0 Å². The highest BCUT2D eigenvalue weighted by molar-refractivity contribution is 6.58. The van der Waals surface area contributed by atoms with Crippen LogP contribution in [0, 0.1) is 5.82 Å². The number of nitrogens with zero attached hydrogens (tertiary/aromatic N) is 3. The summed E-state index contributed by atoms with van der Waals surface area (Å²) in [7, 11) is -0.496. The summed E-state index contributed by atoms with van der Waals surface area (Å²) in [5.74, 6) is -1.52. The average Bonchev–Trinajstić information content (AvgIpc) is 3.02. The van der Waals surface area contributed by atoms with Gasteiger partial charge in [0.05, 0.1) is 0 Å². The Morgan fingerprint density at radius 3 is 2.69 bits per heavy atom. The molecule has 0 saturated carbocycles. The maximum absolute atomic E-state index is 14.4. The first kappa shape index (κ1) is 17.8. The van der Waals surface area contributed by atoms with E-state index in [9.17, 15) is 24.0 Å². The van der Waals surface area contributed by atoms with Crippen LogP contribution in [0.4, 0.5) is 20.7 Å². The van der Waals surface area contributed by atoms with E-state index in [1.54, 1.807) is 24.3 Å². The van der Waals surface area contributed by atoms with Gasteiger partial charge in [0, 0.05) is 43.0 Å². The number of aromatic nitrogens is 1. The highest BCUT2D eigenvalue weighted by Gasteiger charge is 2.34. The largest absolute Gasteiger partial charge is 0.491 e. The molecule has 0 aliphatic carbocycles. The average molecular weight is 358 g/mol. The van der Waals surface area contributed by atoms with E-state index in [0.29, 0.717) is 11.3 Å². The molecule has 8 nitrogen and oxygen atoms in total. The van der Waals surface area contributed by atoms with Gasteiger partial charge in [-0.25, -0.2) is 14.2 Å². The zero-order valence-corrected chi connectivity index (χ0v) is 13.9. The Bertz CT molecular complexity index is 864. The van der Waals surface area contributed by atoms with Crippen molar-refractivity contribution in [2.75, 3.05) is 29.9 Å². The molecule has 1 aromatic carbocycles. The molecule has 134 valence electrons. The highest BCUT2D eigenvalue weighted by Crippen LogP contribution is 2.25. The van der Waals surface area contributed by atoms with Crippen LogP contribution in [0.5, 0.6) is 0 Å². The summed E-state index contributed by atoms with van der Waals surface area (Å²) >= 11 is 0. The fourth-order valence-electron chi connectivity index (χ4n) is 2.77. The van der Waals surface area contributed by atoms with E-state index >= 15 is 0 Å². The number of amides is 3. The van der Waals surface area contributed by atoms with Crippen LogP contribution in [0.15, 0.2) is 36.5 Å². The Kier molecular flexibility index (Phi) is 4.87. The summed E-state index contributed by atoms with van der Waals surface area (Å²) in [6.45, 7) is 0.432. The molecule has 1 aliphatic rings. The van der Waals surface area contributed by atoms with Crippen LogP contribution in [-0.2, 0) is 0 Å². The van der Waals surface area contributed by atoms with Crippen LogP contribution >= 0.6 is 0 Å². The standard InChI is InChI=1S/C16H16BFN4O4/c1-19-15(23)10-3-2-4-11(9-10)21-7-8-22(16(21)24)14-13(18)12(17(25)26)5-6-20-14/h2-6,9,25-26H,7-8H2,1H3,(H,19,23). The second kappa shape index (κ2) is 7.10. The van der Waals surface area contributed by atoms with Crippen LogP contribution < -0.4 is 20.6 Å². The minimum Gasteiger partial charge on any atom is -0.423 e. The zero-order chi connectivity index (χ0) is 18.8. The molecule has 10 heteroatoms. The van der Waals surface area contributed by atoms with Gasteiger partial charge in [-0.2, -0.15) is 0 Å². The van der Waals surface area contributed by atoms with Crippen molar-refractivity contribution in [1.82, 2.24) is 10.3 Å². The molecule has 0 radical (unpaired) electrons. The molecule has 26 heavy (non-hydrogen) atoms. The lowest BCUT2D eigenvalue weighted by molar-refractivity contribution is 0.0963. The molecule has 1 fully saturated rings. The molecule has 3 rings (SSSR count). The van der Waals surface area contributed by atoms with E-state index in [4.69, 9.17) is 0 Å². The van der Waals surface area contributed by atoms with Gasteiger partial charge in [-0.1, -0.05) is 6.07 Å². The van der Waals surface area contributed by atoms with E-state index in [0.717, 1.165) is 11.0 Å². The molecular weight excluding hydrogens is 342 g/mol. The number of hydrogen-bond acceptors (Lipinski definition) is 5. The summed E-state index contributed by atoms with van der Waals surface area (Å²) in [6, 6.07) is 7.12. The summed E-state index contributed by atoms with van der Waals surface area (Å²) in [6.07, 6.45) is 1.20. The van der Waals surface area contributed by atoms with Gasteiger partial charge >= 0.3 is 13.1 Å². The summed E-state index contributed by atoms with van der Waals surface area (Å²) in [4.78, 5) is 30.8. The molecule has 1 saturated heterocycles. The number of hydrogen-bond donors (Lipinski definition) is 3. The second-order valence-corrected chi connectivity index (χ2v) is 5.63. The first-order valence-electron chi connectivity index (χ1n) is 7.85. The van der Waals surface area contributed by atoms with E-state index in [1.807, 2.05) is 0 Å². The van der Waals surface area contributed by atoms with Crippen molar-refractivity contribution in [3.8, 4) is 0 Å².